The van der Waals surface area contributed by atoms with Gasteiger partial charge in [0.15, 0.2) is 0 Å². The van der Waals surface area contributed by atoms with E-state index >= 15 is 0 Å². The minimum Gasteiger partial charge on any atom is -0.307 e. The van der Waals surface area contributed by atoms with Crippen molar-refractivity contribution in [3.63, 3.8) is 0 Å². The lowest BCUT2D eigenvalue weighted by atomic mass is 9.83. The Morgan fingerprint density at radius 3 is 2.34 bits per heavy atom. The first-order chi connectivity index (χ1) is 13.9. The van der Waals surface area contributed by atoms with Crippen LogP contribution in [0.1, 0.15) is 21.9 Å². The molecule has 2 aliphatic rings. The molecule has 8 heteroatoms. The zero-order valence-electron chi connectivity index (χ0n) is 15.2. The molecule has 3 unspecified atom stereocenters. The van der Waals surface area contributed by atoms with E-state index < -0.39 is 11.2 Å². The van der Waals surface area contributed by atoms with Crippen molar-refractivity contribution in [2.45, 2.75) is 23.1 Å². The van der Waals surface area contributed by atoms with Crippen LogP contribution in [0, 0.1) is 12.8 Å². The summed E-state index contributed by atoms with van der Waals surface area (Å²) < 4.78 is 0. The average molecular weight is 443 g/mol. The van der Waals surface area contributed by atoms with Crippen LogP contribution in [0.2, 0.25) is 5.02 Å². The number of aromatic amines is 1. The van der Waals surface area contributed by atoms with Gasteiger partial charge in [-0.3, -0.25) is 14.4 Å². The third kappa shape index (κ3) is 2.96. The summed E-state index contributed by atoms with van der Waals surface area (Å²) in [4.78, 5) is 43.5. The van der Waals surface area contributed by atoms with Gasteiger partial charge in [0.1, 0.15) is 5.25 Å². The number of aryl methyl sites for hydroxylation is 1. The topological polar surface area (TPSA) is 70.2 Å². The zero-order chi connectivity index (χ0) is 20.3. The van der Waals surface area contributed by atoms with E-state index in [1.807, 2.05) is 31.2 Å². The number of carbonyl (C=O) groups is 2. The second-order valence-electron chi connectivity index (χ2n) is 7.15. The molecular weight excluding hydrogens is 428 g/mol. The molecule has 1 fully saturated rings. The highest BCUT2D eigenvalue weighted by Crippen LogP contribution is 2.53. The van der Waals surface area contributed by atoms with E-state index in [4.69, 9.17) is 11.6 Å². The minimum atomic E-state index is -0.581. The number of halogens is 1. The van der Waals surface area contributed by atoms with Crippen LogP contribution < -0.4 is 9.77 Å². The van der Waals surface area contributed by atoms with Crippen molar-refractivity contribution < 1.29 is 9.59 Å². The summed E-state index contributed by atoms with van der Waals surface area (Å²) in [6.07, 6.45) is 0. The molecule has 2 amide bonds. The van der Waals surface area contributed by atoms with Gasteiger partial charge in [-0.05, 0) is 36.8 Å². The Labute approximate surface area is 179 Å². The first-order valence-electron chi connectivity index (χ1n) is 9.03. The Bertz CT molecular complexity index is 1180. The number of anilines is 1. The number of imide groups is 1. The quantitative estimate of drug-likeness (QED) is 0.604. The molecule has 2 aliphatic heterocycles. The van der Waals surface area contributed by atoms with E-state index in [0.717, 1.165) is 27.3 Å². The molecule has 5 rings (SSSR count). The Balaban J connectivity index is 1.64. The van der Waals surface area contributed by atoms with Crippen molar-refractivity contribution in [2.75, 3.05) is 4.90 Å². The number of rotatable bonds is 2. The van der Waals surface area contributed by atoms with E-state index in [9.17, 15) is 14.4 Å². The fourth-order valence-electron chi connectivity index (χ4n) is 3.99. The number of hydrogen-bond donors (Lipinski definition) is 1. The van der Waals surface area contributed by atoms with Crippen LogP contribution >= 0.6 is 34.7 Å². The van der Waals surface area contributed by atoms with Gasteiger partial charge < -0.3 is 4.98 Å². The smallest absolute Gasteiger partial charge is 0.305 e. The van der Waals surface area contributed by atoms with Crippen molar-refractivity contribution in [1.82, 2.24) is 4.98 Å². The van der Waals surface area contributed by atoms with Crippen molar-refractivity contribution in [3.05, 3.63) is 79.2 Å². The van der Waals surface area contributed by atoms with E-state index in [1.165, 1.54) is 16.7 Å². The predicted molar refractivity (Wildman–Crippen MR) is 115 cm³/mol. The van der Waals surface area contributed by atoms with Gasteiger partial charge in [-0.15, -0.1) is 0 Å². The number of amides is 2. The van der Waals surface area contributed by atoms with Crippen LogP contribution in [-0.2, 0) is 9.59 Å². The van der Waals surface area contributed by atoms with Gasteiger partial charge in [0, 0.05) is 15.8 Å². The van der Waals surface area contributed by atoms with Crippen molar-refractivity contribution in [2.24, 2.45) is 5.92 Å². The van der Waals surface area contributed by atoms with Gasteiger partial charge in [-0.25, -0.2) is 4.90 Å². The van der Waals surface area contributed by atoms with Crippen molar-refractivity contribution >= 4 is 52.2 Å². The van der Waals surface area contributed by atoms with Crippen LogP contribution in [0.3, 0.4) is 0 Å². The first-order valence-corrected chi connectivity index (χ1v) is 11.1. The molecule has 1 N–H and O–H groups in total. The zero-order valence-corrected chi connectivity index (χ0v) is 17.6. The summed E-state index contributed by atoms with van der Waals surface area (Å²) >= 11 is 8.43. The van der Waals surface area contributed by atoms with E-state index in [0.29, 0.717) is 15.7 Å². The lowest BCUT2D eigenvalue weighted by Crippen LogP contribution is -2.32. The second-order valence-corrected chi connectivity index (χ2v) is 9.75. The van der Waals surface area contributed by atoms with Crippen LogP contribution in [0.15, 0.2) is 58.4 Å². The molecule has 146 valence electrons. The second kappa shape index (κ2) is 6.86. The third-order valence-corrected chi connectivity index (χ3v) is 8.00. The maximum Gasteiger partial charge on any atom is 0.305 e. The van der Waals surface area contributed by atoms with Gasteiger partial charge in [-0.2, -0.15) is 0 Å². The molecule has 5 nitrogen and oxygen atoms in total. The molecule has 1 aromatic heterocycles. The highest BCUT2D eigenvalue weighted by molar-refractivity contribution is 8.00. The van der Waals surface area contributed by atoms with Gasteiger partial charge in [0.05, 0.1) is 16.6 Å². The van der Waals surface area contributed by atoms with E-state index in [2.05, 4.69) is 4.98 Å². The molecular formula is C21H15ClN2O3S2. The molecule has 0 saturated carbocycles. The normalized spacial score (nSPS) is 23.2. The Morgan fingerprint density at radius 1 is 0.966 bits per heavy atom. The number of carbonyl (C=O) groups excluding carboxylic acids is 2. The minimum absolute atomic E-state index is 0.184. The maximum absolute atomic E-state index is 13.5. The number of thiazole rings is 1. The number of nitrogens with one attached hydrogen (secondary N) is 1. The predicted octanol–water partition coefficient (Wildman–Crippen LogP) is 4.19. The summed E-state index contributed by atoms with van der Waals surface area (Å²) in [5.74, 6) is -1.42. The largest absolute Gasteiger partial charge is 0.307 e. The standard InChI is InChI=1S/C21H15ClN2O3S2/c1-10-2-8-13(9-3-10)24-19(25)15-14(11-4-6-12(22)7-5-11)16-18(23-21(27)29-16)28-17(15)20(24)26/h2-9,14-15,17H,1H3,(H,23,27). The van der Waals surface area contributed by atoms with E-state index in [-0.39, 0.29) is 22.6 Å². The number of nitrogens with zero attached hydrogens (tertiary/aromatic N) is 1. The van der Waals surface area contributed by atoms with Crippen LogP contribution in [0.5, 0.6) is 0 Å². The number of H-pyrrole nitrogens is 1. The third-order valence-electron chi connectivity index (χ3n) is 5.35. The molecule has 0 aliphatic carbocycles. The number of fused-ring (bicyclic) bond motifs is 2. The number of benzene rings is 2. The molecule has 0 radical (unpaired) electrons. The average Bonchev–Trinajstić information content (AvgIpc) is 3.19. The summed E-state index contributed by atoms with van der Waals surface area (Å²) in [6.45, 7) is 1.96. The van der Waals surface area contributed by atoms with Crippen molar-refractivity contribution in [3.8, 4) is 0 Å². The Kier molecular flexibility index (Phi) is 4.42. The van der Waals surface area contributed by atoms with Gasteiger partial charge in [0.2, 0.25) is 11.8 Å². The molecule has 0 bridgehead atoms. The fourth-order valence-corrected chi connectivity index (χ4v) is 6.64. The van der Waals surface area contributed by atoms with Crippen LogP contribution in [0.25, 0.3) is 0 Å². The molecule has 29 heavy (non-hydrogen) atoms. The number of hydrogen-bond acceptors (Lipinski definition) is 5. The van der Waals surface area contributed by atoms with Gasteiger partial charge in [0.25, 0.3) is 0 Å². The van der Waals surface area contributed by atoms with Crippen LogP contribution in [-0.4, -0.2) is 22.0 Å². The van der Waals surface area contributed by atoms with Crippen LogP contribution in [0.4, 0.5) is 5.69 Å². The number of aromatic nitrogens is 1. The number of thioether (sulfide) groups is 1. The first kappa shape index (κ1) is 18.7. The highest BCUT2D eigenvalue weighted by atomic mass is 35.5. The van der Waals surface area contributed by atoms with Gasteiger partial charge >= 0.3 is 4.87 Å². The summed E-state index contributed by atoms with van der Waals surface area (Å²) in [7, 11) is 0. The molecule has 2 aromatic carbocycles. The maximum atomic E-state index is 13.5. The SMILES string of the molecule is Cc1ccc(N2C(=O)C3Sc4[nH]c(=O)sc4C(c4ccc(Cl)cc4)C3C2=O)cc1. The lowest BCUT2D eigenvalue weighted by molar-refractivity contribution is -0.122. The fraction of sp³-hybridized carbons (Fsp3) is 0.190. The van der Waals surface area contributed by atoms with Gasteiger partial charge in [-0.1, -0.05) is 64.5 Å². The Hall–Kier alpha value is -2.35. The van der Waals surface area contributed by atoms with Crippen molar-refractivity contribution in [1.29, 1.82) is 0 Å². The monoisotopic (exact) mass is 442 g/mol. The molecule has 0 spiro atoms. The molecule has 3 heterocycles. The summed E-state index contributed by atoms with van der Waals surface area (Å²) in [5.41, 5.74) is 2.50. The summed E-state index contributed by atoms with van der Waals surface area (Å²) in [6, 6.07) is 14.6. The lowest BCUT2D eigenvalue weighted by Gasteiger charge is -2.29. The summed E-state index contributed by atoms with van der Waals surface area (Å²) in [5, 5.41) is 0.684. The highest BCUT2D eigenvalue weighted by Gasteiger charge is 2.56. The molecule has 3 aromatic rings. The van der Waals surface area contributed by atoms with E-state index in [1.54, 1.807) is 24.3 Å². The molecule has 3 atom stereocenters. The molecule has 1 saturated heterocycles. The Morgan fingerprint density at radius 2 is 1.66 bits per heavy atom.